The van der Waals surface area contributed by atoms with Crippen molar-refractivity contribution in [2.75, 3.05) is 12.3 Å². The topological polar surface area (TPSA) is 111 Å². The molecule has 0 bridgehead atoms. The lowest BCUT2D eigenvalue weighted by Crippen LogP contribution is -2.29. The van der Waals surface area contributed by atoms with Crippen LogP contribution in [0.15, 0.2) is 12.3 Å². The van der Waals surface area contributed by atoms with Crippen molar-refractivity contribution >= 4 is 17.4 Å². The summed E-state index contributed by atoms with van der Waals surface area (Å²) in [5, 5.41) is 12.4. The summed E-state index contributed by atoms with van der Waals surface area (Å²) in [7, 11) is 0. The van der Waals surface area contributed by atoms with Gasteiger partial charge in [0.05, 0.1) is 11.5 Å². The lowest BCUT2D eigenvalue weighted by molar-refractivity contribution is -0.385. The van der Waals surface area contributed by atoms with Gasteiger partial charge < -0.3 is 11.1 Å². The number of nitrogens with two attached hydrogens (primary N) is 1. The second-order valence-electron chi connectivity index (χ2n) is 2.98. The van der Waals surface area contributed by atoms with Gasteiger partial charge in [-0.05, 0) is 6.07 Å². The first-order valence-corrected chi connectivity index (χ1v) is 4.38. The first kappa shape index (κ1) is 12.7. The summed E-state index contributed by atoms with van der Waals surface area (Å²) in [5.74, 6) is -1.11. The quantitative estimate of drug-likeness (QED) is 0.595. The molecule has 0 aliphatic heterocycles. The van der Waals surface area contributed by atoms with Crippen LogP contribution in [-0.4, -0.2) is 28.8 Å². The van der Waals surface area contributed by atoms with Crippen molar-refractivity contribution in [1.82, 2.24) is 10.3 Å². The van der Waals surface area contributed by atoms with Crippen LogP contribution in [0.5, 0.6) is 0 Å². The summed E-state index contributed by atoms with van der Waals surface area (Å²) in [5.41, 5.74) is 4.27. The Labute approximate surface area is 93.8 Å². The van der Waals surface area contributed by atoms with Gasteiger partial charge in [0.15, 0.2) is 0 Å². The molecular weight excluding hydrogens is 238 g/mol. The highest BCUT2D eigenvalue weighted by Crippen LogP contribution is 2.18. The highest BCUT2D eigenvalue weighted by atomic mass is 19.3. The van der Waals surface area contributed by atoms with E-state index in [2.05, 4.69) is 4.98 Å². The average Bonchev–Trinajstić information content (AvgIpc) is 2.25. The number of carbonyl (C=O) groups is 1. The predicted molar refractivity (Wildman–Crippen MR) is 53.6 cm³/mol. The minimum absolute atomic E-state index is 0.113. The number of amides is 1. The Balaban J connectivity index is 2.98. The maximum Gasteiger partial charge on any atom is 0.300 e. The van der Waals surface area contributed by atoms with Gasteiger partial charge in [-0.15, -0.1) is 0 Å². The highest BCUT2D eigenvalue weighted by Gasteiger charge is 2.21. The van der Waals surface area contributed by atoms with Gasteiger partial charge in [0, 0.05) is 0 Å². The fraction of sp³-hybridized carbons (Fsp3) is 0.250. The van der Waals surface area contributed by atoms with Crippen LogP contribution >= 0.6 is 0 Å². The molecule has 0 fully saturated rings. The fourth-order valence-electron chi connectivity index (χ4n) is 1.06. The molecule has 0 aliphatic carbocycles. The summed E-state index contributed by atoms with van der Waals surface area (Å²) >= 11 is 0. The molecule has 0 aliphatic rings. The summed E-state index contributed by atoms with van der Waals surface area (Å²) in [6.07, 6.45) is -1.94. The maximum absolute atomic E-state index is 11.9. The van der Waals surface area contributed by atoms with Gasteiger partial charge in [0.1, 0.15) is 17.6 Å². The van der Waals surface area contributed by atoms with E-state index in [1.807, 2.05) is 5.32 Å². The summed E-state index contributed by atoms with van der Waals surface area (Å²) in [4.78, 5) is 24.6. The van der Waals surface area contributed by atoms with Crippen LogP contribution < -0.4 is 11.1 Å². The fourth-order valence-corrected chi connectivity index (χ4v) is 1.06. The molecule has 0 aromatic carbocycles. The molecule has 0 spiro atoms. The number of hydrogen-bond acceptors (Lipinski definition) is 5. The van der Waals surface area contributed by atoms with Crippen molar-refractivity contribution < 1.29 is 18.5 Å². The van der Waals surface area contributed by atoms with Crippen molar-refractivity contribution in [2.45, 2.75) is 6.43 Å². The van der Waals surface area contributed by atoms with E-state index >= 15 is 0 Å². The third-order valence-corrected chi connectivity index (χ3v) is 1.76. The number of pyridine rings is 1. The summed E-state index contributed by atoms with van der Waals surface area (Å²) < 4.78 is 23.7. The molecule has 0 radical (unpaired) electrons. The number of rotatable bonds is 4. The van der Waals surface area contributed by atoms with E-state index in [0.717, 1.165) is 12.3 Å². The third-order valence-electron chi connectivity index (χ3n) is 1.76. The van der Waals surface area contributed by atoms with E-state index in [4.69, 9.17) is 5.73 Å². The summed E-state index contributed by atoms with van der Waals surface area (Å²) in [6, 6.07) is 0.957. The van der Waals surface area contributed by atoms with Crippen LogP contribution in [0, 0.1) is 10.1 Å². The molecule has 1 amide bonds. The summed E-state index contributed by atoms with van der Waals surface area (Å²) in [6.45, 7) is -0.891. The van der Waals surface area contributed by atoms with Gasteiger partial charge in [-0.25, -0.2) is 13.8 Å². The molecule has 9 heteroatoms. The van der Waals surface area contributed by atoms with E-state index in [9.17, 15) is 23.7 Å². The third kappa shape index (κ3) is 3.33. The normalized spacial score (nSPS) is 10.3. The number of nitrogens with zero attached hydrogens (tertiary/aromatic N) is 2. The first-order valence-electron chi connectivity index (χ1n) is 4.38. The Morgan fingerprint density at radius 2 is 2.29 bits per heavy atom. The number of anilines is 1. The standard InChI is InChI=1S/C8H8F2N4O3/c9-6(10)3-13-8(15)4-1-7(11)12-2-5(4)14(16)17/h1-2,6H,3H2,(H2,11,12)(H,13,15). The van der Waals surface area contributed by atoms with Gasteiger partial charge in [-0.3, -0.25) is 14.9 Å². The molecule has 1 aromatic heterocycles. The van der Waals surface area contributed by atoms with E-state index in [-0.39, 0.29) is 5.82 Å². The van der Waals surface area contributed by atoms with Gasteiger partial charge in [-0.1, -0.05) is 0 Å². The Kier molecular flexibility index (Phi) is 3.86. The van der Waals surface area contributed by atoms with Crippen molar-refractivity contribution in [3.05, 3.63) is 27.9 Å². The Morgan fingerprint density at radius 1 is 1.65 bits per heavy atom. The number of nitrogens with one attached hydrogen (secondary N) is 1. The lowest BCUT2D eigenvalue weighted by atomic mass is 10.2. The Hall–Kier alpha value is -2.32. The molecular formula is C8H8F2N4O3. The van der Waals surface area contributed by atoms with Gasteiger partial charge in [-0.2, -0.15) is 0 Å². The lowest BCUT2D eigenvalue weighted by Gasteiger charge is -2.05. The average molecular weight is 246 g/mol. The molecule has 0 saturated carbocycles. The minimum atomic E-state index is -2.74. The Bertz CT molecular complexity index is 452. The number of nitrogen functional groups attached to an aromatic ring is 1. The van der Waals surface area contributed by atoms with Crippen molar-refractivity contribution in [3.8, 4) is 0 Å². The zero-order chi connectivity index (χ0) is 13.0. The number of hydrogen-bond donors (Lipinski definition) is 2. The van der Waals surface area contributed by atoms with Crippen LogP contribution in [0.2, 0.25) is 0 Å². The molecule has 7 nitrogen and oxygen atoms in total. The van der Waals surface area contributed by atoms with Crippen LogP contribution in [0.25, 0.3) is 0 Å². The van der Waals surface area contributed by atoms with E-state index in [1.54, 1.807) is 0 Å². The molecule has 1 heterocycles. The number of aromatic nitrogens is 1. The predicted octanol–water partition coefficient (Wildman–Crippen LogP) is 0.567. The van der Waals surface area contributed by atoms with Crippen LogP contribution in [-0.2, 0) is 0 Å². The molecule has 0 unspecified atom stereocenters. The highest BCUT2D eigenvalue weighted by molar-refractivity contribution is 5.98. The molecule has 92 valence electrons. The second-order valence-corrected chi connectivity index (χ2v) is 2.98. The van der Waals surface area contributed by atoms with Gasteiger partial charge in [0.25, 0.3) is 18.0 Å². The first-order chi connectivity index (χ1) is 7.91. The van der Waals surface area contributed by atoms with E-state index < -0.39 is 35.1 Å². The van der Waals surface area contributed by atoms with E-state index in [0.29, 0.717) is 0 Å². The number of halogens is 2. The zero-order valence-corrected chi connectivity index (χ0v) is 8.39. The molecule has 1 rings (SSSR count). The van der Waals surface area contributed by atoms with Crippen LogP contribution in [0.4, 0.5) is 20.3 Å². The SMILES string of the molecule is Nc1cc(C(=O)NCC(F)F)c([N+](=O)[O-])cn1. The molecule has 17 heavy (non-hydrogen) atoms. The minimum Gasteiger partial charge on any atom is -0.384 e. The monoisotopic (exact) mass is 246 g/mol. The smallest absolute Gasteiger partial charge is 0.300 e. The number of alkyl halides is 2. The largest absolute Gasteiger partial charge is 0.384 e. The van der Waals surface area contributed by atoms with Gasteiger partial charge in [0.2, 0.25) is 0 Å². The van der Waals surface area contributed by atoms with Crippen LogP contribution in [0.3, 0.4) is 0 Å². The van der Waals surface area contributed by atoms with Crippen molar-refractivity contribution in [3.63, 3.8) is 0 Å². The maximum atomic E-state index is 11.9. The van der Waals surface area contributed by atoms with E-state index in [1.165, 1.54) is 0 Å². The molecule has 3 N–H and O–H groups in total. The van der Waals surface area contributed by atoms with Gasteiger partial charge >= 0.3 is 0 Å². The Morgan fingerprint density at radius 3 is 2.82 bits per heavy atom. The molecule has 0 saturated heterocycles. The molecule has 0 atom stereocenters. The van der Waals surface area contributed by atoms with Crippen LogP contribution in [0.1, 0.15) is 10.4 Å². The zero-order valence-electron chi connectivity index (χ0n) is 8.39. The van der Waals surface area contributed by atoms with Crippen molar-refractivity contribution in [1.29, 1.82) is 0 Å². The molecule has 1 aromatic rings. The number of carbonyl (C=O) groups excluding carboxylic acids is 1. The van der Waals surface area contributed by atoms with Crippen molar-refractivity contribution in [2.24, 2.45) is 0 Å². The number of nitro groups is 1. The second kappa shape index (κ2) is 5.14.